The van der Waals surface area contributed by atoms with Crippen LogP contribution in [0.1, 0.15) is 6.92 Å². The number of nitrogens with one attached hydrogen (secondary N) is 1. The number of halogens is 1. The van der Waals surface area contributed by atoms with Crippen molar-refractivity contribution in [2.75, 3.05) is 6.54 Å². The van der Waals surface area contributed by atoms with Gasteiger partial charge in [-0.1, -0.05) is 23.7 Å². The van der Waals surface area contributed by atoms with Crippen LogP contribution in [0.5, 0.6) is 0 Å². The van der Waals surface area contributed by atoms with E-state index in [2.05, 4.69) is 23.6 Å². The van der Waals surface area contributed by atoms with Crippen LogP contribution in [-0.4, -0.2) is 11.7 Å². The summed E-state index contributed by atoms with van der Waals surface area (Å²) in [5.41, 5.74) is 5.02. The van der Waals surface area contributed by atoms with Gasteiger partial charge in [0.2, 0.25) is 0 Å². The molecule has 2 rings (SSSR count). The summed E-state index contributed by atoms with van der Waals surface area (Å²) in [6.07, 6.45) is 0. The Kier molecular flexibility index (Phi) is 3.51. The predicted octanol–water partition coefficient (Wildman–Crippen LogP) is 1.78. The molecule has 0 unspecified atom stereocenters. The van der Waals surface area contributed by atoms with Gasteiger partial charge in [-0.15, -0.1) is 0 Å². The van der Waals surface area contributed by atoms with Crippen molar-refractivity contribution in [1.29, 1.82) is 0 Å². The summed E-state index contributed by atoms with van der Waals surface area (Å²) in [6, 6.07) is 6.05. The Hall–Kier alpha value is -0.800. The van der Waals surface area contributed by atoms with E-state index in [1.807, 2.05) is 19.1 Å². The fraction of sp³-hybridized carbons (Fsp3) is 0.222. The Morgan fingerprint density at radius 2 is 2.31 bits per heavy atom. The van der Waals surface area contributed by atoms with E-state index < -0.39 is 0 Å². The molecule has 0 bridgehead atoms. The molecule has 0 amide bonds. The Bertz CT molecular complexity index is 403. The van der Waals surface area contributed by atoms with Gasteiger partial charge in [-0.3, -0.25) is 0 Å². The van der Waals surface area contributed by atoms with Gasteiger partial charge in [-0.05, 0) is 30.4 Å². The highest BCUT2D eigenvalue weighted by Gasteiger charge is 1.99. The Morgan fingerprint density at radius 3 is 2.31 bits per heavy atom. The van der Waals surface area contributed by atoms with Gasteiger partial charge in [-0.25, -0.2) is 0 Å². The minimum atomic E-state index is 0.373. The summed E-state index contributed by atoms with van der Waals surface area (Å²) in [5.74, 6) is 0. The molecule has 2 nitrogen and oxygen atoms in total. The lowest BCUT2D eigenvalue weighted by Crippen LogP contribution is -2.28. The number of hydrogen-bond donors (Lipinski definition) is 2. The van der Waals surface area contributed by atoms with Crippen molar-refractivity contribution >= 4 is 28.9 Å². The van der Waals surface area contributed by atoms with Gasteiger partial charge >= 0.3 is 0 Å². The Morgan fingerprint density at radius 1 is 1.62 bits per heavy atom. The standard InChI is InChI=1S/C6H3Cl.C3H8N2S/c7-6-3-4-1-2-5(4)6;1-2-5-3(4)6/h1-3H;2H2,1H3,(H3,4,5,6). The fourth-order valence-corrected chi connectivity index (χ4v) is 1.35. The molecule has 0 saturated heterocycles. The number of hydrogen-bond acceptors (Lipinski definition) is 1. The smallest absolute Gasteiger partial charge is 0.163 e. The van der Waals surface area contributed by atoms with Crippen LogP contribution in [0.15, 0.2) is 18.2 Å². The second kappa shape index (κ2) is 4.44. The molecule has 0 spiro atoms. The molecule has 3 N–H and O–H groups in total. The summed E-state index contributed by atoms with van der Waals surface area (Å²) in [7, 11) is 0. The van der Waals surface area contributed by atoms with E-state index in [1.54, 1.807) is 0 Å². The summed E-state index contributed by atoms with van der Waals surface area (Å²) in [5, 5.41) is 6.55. The number of thiocarbonyl (C=S) groups is 1. The molecule has 0 aromatic heterocycles. The monoisotopic (exact) mass is 214 g/mol. The van der Waals surface area contributed by atoms with Gasteiger partial charge in [0.05, 0.1) is 0 Å². The molecule has 2 aliphatic rings. The summed E-state index contributed by atoms with van der Waals surface area (Å²) < 4.78 is 0. The van der Waals surface area contributed by atoms with E-state index in [9.17, 15) is 0 Å². The zero-order valence-corrected chi connectivity index (χ0v) is 8.88. The number of rotatable bonds is 1. The van der Waals surface area contributed by atoms with Gasteiger partial charge < -0.3 is 11.1 Å². The van der Waals surface area contributed by atoms with Crippen LogP contribution in [0, 0.1) is 10.4 Å². The summed E-state index contributed by atoms with van der Waals surface area (Å²) >= 11 is 10.1. The predicted molar refractivity (Wildman–Crippen MR) is 59.6 cm³/mol. The molecular weight excluding hydrogens is 204 g/mol. The highest BCUT2D eigenvalue weighted by atomic mass is 35.5. The molecule has 13 heavy (non-hydrogen) atoms. The lowest BCUT2D eigenvalue weighted by molar-refractivity contribution is 0.973. The maximum Gasteiger partial charge on any atom is 0.163 e. The van der Waals surface area contributed by atoms with Crippen molar-refractivity contribution in [3.05, 3.63) is 33.7 Å². The topological polar surface area (TPSA) is 38.0 Å². The molecule has 0 saturated carbocycles. The SMILES string of the molecule is CCNC(N)=S.Clc1cc2ccc1=2. The normalized spacial score (nSPS) is 9.69. The van der Waals surface area contributed by atoms with Crippen LogP contribution in [0.2, 0.25) is 5.02 Å². The third-order valence-corrected chi connectivity index (χ3v) is 2.09. The Labute approximate surface area is 87.4 Å². The number of nitrogens with two attached hydrogens (primary N) is 1. The van der Waals surface area contributed by atoms with Crippen molar-refractivity contribution in [2.45, 2.75) is 6.92 Å². The zero-order chi connectivity index (χ0) is 9.84. The number of benzene rings is 1. The molecule has 0 aromatic rings. The van der Waals surface area contributed by atoms with Crippen LogP contribution in [-0.2, 0) is 0 Å². The minimum Gasteiger partial charge on any atom is -0.376 e. The first kappa shape index (κ1) is 10.3. The zero-order valence-electron chi connectivity index (χ0n) is 7.30. The maximum absolute atomic E-state index is 5.60. The highest BCUT2D eigenvalue weighted by Crippen LogP contribution is 2.20. The van der Waals surface area contributed by atoms with E-state index in [0.29, 0.717) is 5.11 Å². The summed E-state index contributed by atoms with van der Waals surface area (Å²) in [4.78, 5) is 0. The first-order valence-electron chi connectivity index (χ1n) is 3.98. The largest absolute Gasteiger partial charge is 0.376 e. The van der Waals surface area contributed by atoms with Gasteiger partial charge in [0.25, 0.3) is 0 Å². The van der Waals surface area contributed by atoms with Crippen LogP contribution < -0.4 is 11.1 Å². The second-order valence-corrected chi connectivity index (χ2v) is 3.44. The van der Waals surface area contributed by atoms with Crippen molar-refractivity contribution in [1.82, 2.24) is 5.32 Å². The van der Waals surface area contributed by atoms with E-state index in [1.165, 1.54) is 10.4 Å². The first-order valence-corrected chi connectivity index (χ1v) is 4.77. The third kappa shape index (κ3) is 2.57. The average Bonchev–Trinajstić information content (AvgIpc) is 2.00. The lowest BCUT2D eigenvalue weighted by Gasteiger charge is -2.01. The molecule has 0 heterocycles. The van der Waals surface area contributed by atoms with E-state index in [0.717, 1.165) is 11.6 Å². The fourth-order valence-electron chi connectivity index (χ4n) is 0.917. The van der Waals surface area contributed by atoms with Gasteiger partial charge in [-0.2, -0.15) is 0 Å². The van der Waals surface area contributed by atoms with Crippen LogP contribution in [0.3, 0.4) is 0 Å². The van der Waals surface area contributed by atoms with Crippen molar-refractivity contribution in [3.63, 3.8) is 0 Å². The van der Waals surface area contributed by atoms with Crippen LogP contribution >= 0.6 is 23.8 Å². The van der Waals surface area contributed by atoms with E-state index in [-0.39, 0.29) is 0 Å². The lowest BCUT2D eigenvalue weighted by atomic mass is 10.1. The molecule has 2 aliphatic carbocycles. The van der Waals surface area contributed by atoms with Gasteiger partial charge in [0.15, 0.2) is 5.11 Å². The summed E-state index contributed by atoms with van der Waals surface area (Å²) in [6.45, 7) is 2.76. The molecular formula is C9H11ClN2S. The third-order valence-electron chi connectivity index (χ3n) is 1.63. The van der Waals surface area contributed by atoms with E-state index >= 15 is 0 Å². The highest BCUT2D eigenvalue weighted by molar-refractivity contribution is 7.80. The molecule has 4 heteroatoms. The van der Waals surface area contributed by atoms with Crippen LogP contribution in [0.25, 0.3) is 0 Å². The molecule has 0 aromatic carbocycles. The molecule has 0 radical (unpaired) electrons. The molecule has 0 aliphatic heterocycles. The second-order valence-electron chi connectivity index (χ2n) is 2.59. The van der Waals surface area contributed by atoms with Crippen molar-refractivity contribution in [2.24, 2.45) is 5.73 Å². The van der Waals surface area contributed by atoms with Crippen LogP contribution in [0.4, 0.5) is 0 Å². The van der Waals surface area contributed by atoms with Crippen molar-refractivity contribution in [3.8, 4) is 0 Å². The first-order chi connectivity index (χ1) is 6.15. The molecule has 70 valence electrons. The van der Waals surface area contributed by atoms with E-state index in [4.69, 9.17) is 17.3 Å². The maximum atomic E-state index is 5.60. The Balaban J connectivity index is 0.000000133. The van der Waals surface area contributed by atoms with Crippen molar-refractivity contribution < 1.29 is 0 Å². The molecule has 0 atom stereocenters. The molecule has 0 fully saturated rings. The van der Waals surface area contributed by atoms with Gasteiger partial charge in [0, 0.05) is 16.8 Å². The van der Waals surface area contributed by atoms with Gasteiger partial charge in [0.1, 0.15) is 0 Å². The average molecular weight is 215 g/mol. The minimum absolute atomic E-state index is 0.373. The quantitative estimate of drug-likeness (QED) is 0.711.